The first-order valence-electron chi connectivity index (χ1n) is 6.82. The van der Waals surface area contributed by atoms with E-state index in [1.165, 1.54) is 11.1 Å². The number of aryl methyl sites for hydroxylation is 1. The third kappa shape index (κ3) is 5.42. The van der Waals surface area contributed by atoms with Gasteiger partial charge in [0.1, 0.15) is 0 Å². The summed E-state index contributed by atoms with van der Waals surface area (Å²) in [6.45, 7) is 5.61. The Balaban J connectivity index is 2.53. The molecule has 0 aliphatic carbocycles. The van der Waals surface area contributed by atoms with E-state index in [1.807, 2.05) is 11.8 Å². The number of hydrogen-bond donors (Lipinski definition) is 2. The third-order valence-electron chi connectivity index (χ3n) is 2.97. The molecular formula is C15H25NOS. The molecule has 0 radical (unpaired) electrons. The molecule has 0 saturated heterocycles. The molecule has 0 aliphatic heterocycles. The van der Waals surface area contributed by atoms with Crippen LogP contribution < -0.4 is 5.32 Å². The number of aliphatic hydroxyl groups is 1. The van der Waals surface area contributed by atoms with Gasteiger partial charge < -0.3 is 10.4 Å². The van der Waals surface area contributed by atoms with Crippen molar-refractivity contribution in [3.05, 3.63) is 35.4 Å². The van der Waals surface area contributed by atoms with E-state index in [0.717, 1.165) is 30.9 Å². The van der Waals surface area contributed by atoms with E-state index in [0.29, 0.717) is 12.6 Å². The van der Waals surface area contributed by atoms with E-state index in [2.05, 4.69) is 43.4 Å². The summed E-state index contributed by atoms with van der Waals surface area (Å²) in [6.07, 6.45) is 1.98. The highest BCUT2D eigenvalue weighted by atomic mass is 32.2. The van der Waals surface area contributed by atoms with Crippen LogP contribution in [0.25, 0.3) is 0 Å². The van der Waals surface area contributed by atoms with Crippen molar-refractivity contribution in [3.8, 4) is 0 Å². The molecule has 1 aromatic rings. The molecule has 2 nitrogen and oxygen atoms in total. The summed E-state index contributed by atoms with van der Waals surface area (Å²) in [5.74, 6) is 2.10. The van der Waals surface area contributed by atoms with Gasteiger partial charge in [-0.05, 0) is 36.3 Å². The second-order valence-electron chi connectivity index (χ2n) is 4.36. The summed E-state index contributed by atoms with van der Waals surface area (Å²) < 4.78 is 0. The molecule has 1 aromatic carbocycles. The molecule has 1 atom stereocenters. The average Bonchev–Trinajstić information content (AvgIpc) is 2.42. The molecule has 2 N–H and O–H groups in total. The lowest BCUT2D eigenvalue weighted by Crippen LogP contribution is -2.23. The summed E-state index contributed by atoms with van der Waals surface area (Å²) in [7, 11) is 0. The average molecular weight is 267 g/mol. The number of benzene rings is 1. The molecule has 0 bridgehead atoms. The summed E-state index contributed by atoms with van der Waals surface area (Å²) in [6, 6.07) is 9.33. The van der Waals surface area contributed by atoms with Crippen LogP contribution in [0, 0.1) is 0 Å². The van der Waals surface area contributed by atoms with Gasteiger partial charge >= 0.3 is 0 Å². The van der Waals surface area contributed by atoms with Crippen molar-refractivity contribution in [2.45, 2.75) is 32.7 Å². The minimum absolute atomic E-state index is 0.296. The Labute approximate surface area is 115 Å². The summed E-state index contributed by atoms with van der Waals surface area (Å²) in [4.78, 5) is 0. The highest BCUT2D eigenvalue weighted by Gasteiger charge is 2.09. The smallest absolute Gasteiger partial charge is 0.0438 e. The number of thioether (sulfide) groups is 1. The second kappa shape index (κ2) is 9.42. The van der Waals surface area contributed by atoms with Crippen LogP contribution in [0.1, 0.15) is 37.4 Å². The maximum Gasteiger partial charge on any atom is 0.0438 e. The fourth-order valence-corrected chi connectivity index (χ4v) is 2.92. The predicted octanol–water partition coefficient (Wildman–Crippen LogP) is 3.02. The zero-order chi connectivity index (χ0) is 13.2. The van der Waals surface area contributed by atoms with E-state index >= 15 is 0 Å². The van der Waals surface area contributed by atoms with Crippen LogP contribution in [-0.2, 0) is 6.42 Å². The summed E-state index contributed by atoms with van der Waals surface area (Å²) >= 11 is 1.91. The molecular weight excluding hydrogens is 242 g/mol. The normalized spacial score (nSPS) is 12.6. The molecule has 0 heterocycles. The van der Waals surface area contributed by atoms with Gasteiger partial charge in [-0.2, -0.15) is 11.8 Å². The van der Waals surface area contributed by atoms with E-state index in [1.54, 1.807) is 0 Å². The fourth-order valence-electron chi connectivity index (χ4n) is 1.87. The maximum atomic E-state index is 8.78. The topological polar surface area (TPSA) is 32.3 Å². The molecule has 0 aliphatic rings. The highest BCUT2D eigenvalue weighted by Crippen LogP contribution is 2.19. The number of aliphatic hydroxyl groups excluding tert-OH is 1. The van der Waals surface area contributed by atoms with Gasteiger partial charge in [-0.1, -0.05) is 38.1 Å². The largest absolute Gasteiger partial charge is 0.396 e. The van der Waals surface area contributed by atoms with Gasteiger partial charge in [-0.15, -0.1) is 0 Å². The highest BCUT2D eigenvalue weighted by molar-refractivity contribution is 7.99. The van der Waals surface area contributed by atoms with Crippen molar-refractivity contribution in [1.82, 2.24) is 5.32 Å². The third-order valence-corrected chi connectivity index (χ3v) is 4.12. The SMILES string of the molecule is CCNC(CSCCCO)c1ccc(CC)cc1. The van der Waals surface area contributed by atoms with Crippen LogP contribution in [0.4, 0.5) is 0 Å². The number of nitrogens with one attached hydrogen (secondary N) is 1. The molecule has 0 amide bonds. The van der Waals surface area contributed by atoms with Gasteiger partial charge in [0.05, 0.1) is 0 Å². The Hall–Kier alpha value is -0.510. The Morgan fingerprint density at radius 1 is 1.22 bits per heavy atom. The van der Waals surface area contributed by atoms with E-state index < -0.39 is 0 Å². The lowest BCUT2D eigenvalue weighted by atomic mass is 10.1. The fraction of sp³-hybridized carbons (Fsp3) is 0.600. The maximum absolute atomic E-state index is 8.78. The van der Waals surface area contributed by atoms with Crippen molar-refractivity contribution >= 4 is 11.8 Å². The van der Waals surface area contributed by atoms with Gasteiger partial charge in [-0.25, -0.2) is 0 Å². The lowest BCUT2D eigenvalue weighted by Gasteiger charge is -2.18. The molecule has 0 fully saturated rings. The van der Waals surface area contributed by atoms with Gasteiger partial charge in [0.2, 0.25) is 0 Å². The minimum atomic E-state index is 0.296. The second-order valence-corrected chi connectivity index (χ2v) is 5.51. The van der Waals surface area contributed by atoms with E-state index in [9.17, 15) is 0 Å². The molecule has 3 heteroatoms. The first-order chi connectivity index (χ1) is 8.81. The minimum Gasteiger partial charge on any atom is -0.396 e. The quantitative estimate of drug-likeness (QED) is 0.675. The number of rotatable bonds is 9. The Morgan fingerprint density at radius 2 is 1.94 bits per heavy atom. The molecule has 102 valence electrons. The molecule has 1 unspecified atom stereocenters. The zero-order valence-electron chi connectivity index (χ0n) is 11.5. The first kappa shape index (κ1) is 15.5. The Kier molecular flexibility index (Phi) is 8.14. The summed E-state index contributed by atoms with van der Waals surface area (Å²) in [5.41, 5.74) is 2.76. The van der Waals surface area contributed by atoms with Crippen LogP contribution >= 0.6 is 11.8 Å². The van der Waals surface area contributed by atoms with Crippen molar-refractivity contribution in [2.75, 3.05) is 24.7 Å². The summed E-state index contributed by atoms with van der Waals surface area (Å²) in [5, 5.41) is 12.3. The van der Waals surface area contributed by atoms with Crippen LogP contribution in [0.3, 0.4) is 0 Å². The number of hydrogen-bond acceptors (Lipinski definition) is 3. The van der Waals surface area contributed by atoms with Crippen LogP contribution in [0.2, 0.25) is 0 Å². The standard InChI is InChI=1S/C15H25NOS/c1-3-13-6-8-14(9-7-13)15(16-4-2)12-18-11-5-10-17/h6-9,15-17H,3-5,10-12H2,1-2H3. The predicted molar refractivity (Wildman–Crippen MR) is 81.3 cm³/mol. The van der Waals surface area contributed by atoms with Crippen molar-refractivity contribution < 1.29 is 5.11 Å². The first-order valence-corrected chi connectivity index (χ1v) is 7.98. The molecule has 0 spiro atoms. The Bertz CT molecular complexity index is 313. The van der Waals surface area contributed by atoms with E-state index in [4.69, 9.17) is 5.11 Å². The molecule has 0 saturated carbocycles. The Morgan fingerprint density at radius 3 is 2.50 bits per heavy atom. The van der Waals surface area contributed by atoms with Crippen LogP contribution in [0.15, 0.2) is 24.3 Å². The lowest BCUT2D eigenvalue weighted by molar-refractivity contribution is 0.296. The van der Waals surface area contributed by atoms with Gasteiger partial charge in [-0.3, -0.25) is 0 Å². The molecule has 0 aromatic heterocycles. The van der Waals surface area contributed by atoms with Crippen molar-refractivity contribution in [1.29, 1.82) is 0 Å². The zero-order valence-corrected chi connectivity index (χ0v) is 12.3. The van der Waals surface area contributed by atoms with Crippen molar-refractivity contribution in [2.24, 2.45) is 0 Å². The van der Waals surface area contributed by atoms with Crippen LogP contribution in [0.5, 0.6) is 0 Å². The van der Waals surface area contributed by atoms with Crippen LogP contribution in [-0.4, -0.2) is 29.8 Å². The molecule has 1 rings (SSSR count). The van der Waals surface area contributed by atoms with Crippen molar-refractivity contribution in [3.63, 3.8) is 0 Å². The monoisotopic (exact) mass is 267 g/mol. The van der Waals surface area contributed by atoms with E-state index in [-0.39, 0.29) is 0 Å². The molecule has 18 heavy (non-hydrogen) atoms. The van der Waals surface area contributed by atoms with Gasteiger partial charge in [0.15, 0.2) is 0 Å². The van der Waals surface area contributed by atoms with Gasteiger partial charge in [0, 0.05) is 18.4 Å². The van der Waals surface area contributed by atoms with Gasteiger partial charge in [0.25, 0.3) is 0 Å².